The number of anilines is 1. The van der Waals surface area contributed by atoms with Gasteiger partial charge in [-0.1, -0.05) is 0 Å². The van der Waals surface area contributed by atoms with Crippen molar-refractivity contribution in [3.63, 3.8) is 0 Å². The Hall–Kier alpha value is -2.79. The summed E-state index contributed by atoms with van der Waals surface area (Å²) >= 11 is 0. The van der Waals surface area contributed by atoms with Gasteiger partial charge < -0.3 is 15.0 Å². The maximum atomic E-state index is 12.7. The molecule has 0 bridgehead atoms. The van der Waals surface area contributed by atoms with E-state index in [9.17, 15) is 13.2 Å². The molecular formula is C23H27N5O4S. The molecular weight excluding hydrogens is 442 g/mol. The quantitative estimate of drug-likeness (QED) is 0.574. The normalized spacial score (nSPS) is 18.1. The fourth-order valence-corrected chi connectivity index (χ4v) is 5.76. The molecule has 3 heterocycles. The van der Waals surface area contributed by atoms with E-state index in [1.165, 1.54) is 16.4 Å². The molecule has 9 nitrogen and oxygen atoms in total. The van der Waals surface area contributed by atoms with Crippen LogP contribution in [0.5, 0.6) is 0 Å². The van der Waals surface area contributed by atoms with Gasteiger partial charge in [-0.05, 0) is 55.3 Å². The Kier molecular flexibility index (Phi) is 6.15. The standard InChI is InChI=1S/C23H27N5O4S/c29-23(17-3-6-19(7-4-17)33(30,31)28-9-1-2-10-28)24-18-5-8-20-21(15-18)26-22(25-20)16-27-11-13-32-14-12-27/h3-8,15H,1-2,9-14,16H2,(H,24,29)(H,25,26). The van der Waals surface area contributed by atoms with E-state index in [4.69, 9.17) is 4.74 Å². The molecule has 2 saturated heterocycles. The van der Waals surface area contributed by atoms with E-state index in [2.05, 4.69) is 20.2 Å². The first-order chi connectivity index (χ1) is 16.0. The summed E-state index contributed by atoms with van der Waals surface area (Å²) in [6, 6.07) is 11.6. The number of aromatic nitrogens is 2. The number of H-pyrrole nitrogens is 1. The average molecular weight is 470 g/mol. The molecule has 1 aromatic heterocycles. The first kappa shape index (κ1) is 22.0. The highest BCUT2D eigenvalue weighted by Gasteiger charge is 2.27. The van der Waals surface area contributed by atoms with Gasteiger partial charge in [0.25, 0.3) is 5.91 Å². The largest absolute Gasteiger partial charge is 0.379 e. The molecule has 1 amide bonds. The van der Waals surface area contributed by atoms with Crippen LogP contribution in [0, 0.1) is 0 Å². The van der Waals surface area contributed by atoms with Gasteiger partial charge in [0.05, 0.1) is 35.7 Å². The maximum absolute atomic E-state index is 12.7. The first-order valence-corrected chi connectivity index (χ1v) is 12.6. The molecule has 0 saturated carbocycles. The molecule has 2 aromatic carbocycles. The molecule has 0 atom stereocenters. The Morgan fingerprint density at radius 1 is 1.03 bits per heavy atom. The summed E-state index contributed by atoms with van der Waals surface area (Å²) in [7, 11) is -3.49. The fourth-order valence-electron chi connectivity index (χ4n) is 4.25. The van der Waals surface area contributed by atoms with E-state index in [-0.39, 0.29) is 10.8 Å². The highest BCUT2D eigenvalue weighted by Crippen LogP contribution is 2.22. The number of nitrogens with one attached hydrogen (secondary N) is 2. The lowest BCUT2D eigenvalue weighted by Crippen LogP contribution is -2.35. The van der Waals surface area contributed by atoms with E-state index in [0.717, 1.165) is 62.5 Å². The molecule has 0 radical (unpaired) electrons. The molecule has 5 rings (SSSR count). The average Bonchev–Trinajstić information content (AvgIpc) is 3.50. The number of fused-ring (bicyclic) bond motifs is 1. The first-order valence-electron chi connectivity index (χ1n) is 11.2. The minimum absolute atomic E-state index is 0.215. The van der Waals surface area contributed by atoms with Gasteiger partial charge >= 0.3 is 0 Å². The lowest BCUT2D eigenvalue weighted by molar-refractivity contribution is 0.0332. The van der Waals surface area contributed by atoms with Crippen molar-refractivity contribution in [2.75, 3.05) is 44.7 Å². The van der Waals surface area contributed by atoms with Crippen molar-refractivity contribution in [1.82, 2.24) is 19.2 Å². The summed E-state index contributed by atoms with van der Waals surface area (Å²) in [5.41, 5.74) is 2.73. The number of benzene rings is 2. The fraction of sp³-hybridized carbons (Fsp3) is 0.391. The molecule has 2 N–H and O–H groups in total. The second kappa shape index (κ2) is 9.22. The summed E-state index contributed by atoms with van der Waals surface area (Å²) in [6.07, 6.45) is 1.77. The Bertz CT molecular complexity index is 1240. The van der Waals surface area contributed by atoms with E-state index < -0.39 is 10.0 Å². The number of amides is 1. The number of carbonyl (C=O) groups is 1. The van der Waals surface area contributed by atoms with E-state index >= 15 is 0 Å². The number of sulfonamides is 1. The molecule has 174 valence electrons. The van der Waals surface area contributed by atoms with E-state index in [0.29, 0.717) is 24.3 Å². The van der Waals surface area contributed by atoms with Crippen molar-refractivity contribution in [2.45, 2.75) is 24.3 Å². The minimum Gasteiger partial charge on any atom is -0.379 e. The van der Waals surface area contributed by atoms with Gasteiger partial charge in [0.1, 0.15) is 5.82 Å². The van der Waals surface area contributed by atoms with Crippen LogP contribution in [0.15, 0.2) is 47.4 Å². The number of ether oxygens (including phenoxy) is 1. The minimum atomic E-state index is -3.49. The smallest absolute Gasteiger partial charge is 0.255 e. The number of imidazole rings is 1. The van der Waals surface area contributed by atoms with Gasteiger partial charge in [0.2, 0.25) is 10.0 Å². The Balaban J connectivity index is 1.26. The third kappa shape index (κ3) is 4.79. The summed E-state index contributed by atoms with van der Waals surface area (Å²) in [4.78, 5) is 23.2. The summed E-state index contributed by atoms with van der Waals surface area (Å²) in [6.45, 7) is 5.08. The van der Waals surface area contributed by atoms with Crippen LogP contribution in [0.3, 0.4) is 0 Å². The summed E-state index contributed by atoms with van der Waals surface area (Å²) in [5, 5.41) is 2.88. The zero-order chi connectivity index (χ0) is 22.8. The molecule has 0 aliphatic carbocycles. The Morgan fingerprint density at radius 3 is 2.48 bits per heavy atom. The second-order valence-corrected chi connectivity index (χ2v) is 10.3. The highest BCUT2D eigenvalue weighted by molar-refractivity contribution is 7.89. The van der Waals surface area contributed by atoms with E-state index in [1.54, 1.807) is 12.1 Å². The molecule has 10 heteroatoms. The molecule has 2 fully saturated rings. The lowest BCUT2D eigenvalue weighted by Gasteiger charge is -2.25. The van der Waals surface area contributed by atoms with Gasteiger partial charge in [-0.3, -0.25) is 9.69 Å². The molecule has 2 aliphatic rings. The number of morpholine rings is 1. The number of nitrogens with zero attached hydrogens (tertiary/aromatic N) is 3. The van der Waals surface area contributed by atoms with Crippen molar-refractivity contribution in [3.8, 4) is 0 Å². The van der Waals surface area contributed by atoms with Gasteiger partial charge in [-0.25, -0.2) is 13.4 Å². The van der Waals surface area contributed by atoms with E-state index in [1.807, 2.05) is 18.2 Å². The topological polar surface area (TPSA) is 108 Å². The SMILES string of the molecule is O=C(Nc1ccc2nc(CN3CCOCC3)[nH]c2c1)c1ccc(S(=O)(=O)N2CCCC2)cc1. The van der Waals surface area contributed by atoms with Gasteiger partial charge in [0.15, 0.2) is 0 Å². The molecule has 0 unspecified atom stereocenters. The van der Waals surface area contributed by atoms with Gasteiger partial charge in [-0.2, -0.15) is 4.31 Å². The second-order valence-electron chi connectivity index (χ2n) is 8.39. The van der Waals surface area contributed by atoms with Crippen LogP contribution in [0.25, 0.3) is 11.0 Å². The van der Waals surface area contributed by atoms with Crippen LogP contribution in [-0.4, -0.2) is 72.9 Å². The number of carbonyl (C=O) groups excluding carboxylic acids is 1. The van der Waals surface area contributed by atoms with Gasteiger partial charge in [-0.15, -0.1) is 0 Å². The summed E-state index contributed by atoms with van der Waals surface area (Å²) < 4.78 is 32.2. The van der Waals surface area contributed by atoms with Crippen LogP contribution in [-0.2, 0) is 21.3 Å². The molecule has 3 aromatic rings. The van der Waals surface area contributed by atoms with Crippen LogP contribution in [0.1, 0.15) is 29.0 Å². The third-order valence-electron chi connectivity index (χ3n) is 6.09. The van der Waals surface area contributed by atoms with Crippen LogP contribution >= 0.6 is 0 Å². The zero-order valence-electron chi connectivity index (χ0n) is 18.3. The lowest BCUT2D eigenvalue weighted by atomic mass is 10.2. The number of rotatable bonds is 6. The van der Waals surface area contributed by atoms with Crippen molar-refractivity contribution >= 4 is 32.7 Å². The Labute approximate surface area is 192 Å². The Morgan fingerprint density at radius 2 is 1.76 bits per heavy atom. The van der Waals surface area contributed by atoms with Crippen molar-refractivity contribution in [3.05, 3.63) is 53.9 Å². The van der Waals surface area contributed by atoms with Crippen LogP contribution in [0.2, 0.25) is 0 Å². The third-order valence-corrected chi connectivity index (χ3v) is 8.00. The predicted molar refractivity (Wildman–Crippen MR) is 125 cm³/mol. The van der Waals surface area contributed by atoms with Crippen molar-refractivity contribution in [2.24, 2.45) is 0 Å². The summed E-state index contributed by atoms with van der Waals surface area (Å²) in [5.74, 6) is 0.581. The van der Waals surface area contributed by atoms with Gasteiger partial charge in [0, 0.05) is 37.4 Å². The van der Waals surface area contributed by atoms with Crippen LogP contribution in [0.4, 0.5) is 5.69 Å². The van der Waals surface area contributed by atoms with Crippen molar-refractivity contribution in [1.29, 1.82) is 0 Å². The monoisotopic (exact) mass is 469 g/mol. The number of hydrogen-bond acceptors (Lipinski definition) is 6. The molecule has 2 aliphatic heterocycles. The zero-order valence-corrected chi connectivity index (χ0v) is 19.1. The molecule has 33 heavy (non-hydrogen) atoms. The number of aromatic amines is 1. The predicted octanol–water partition coefficient (Wildman–Crippen LogP) is 2.43. The maximum Gasteiger partial charge on any atom is 0.255 e. The number of hydrogen-bond donors (Lipinski definition) is 2. The van der Waals surface area contributed by atoms with Crippen molar-refractivity contribution < 1.29 is 17.9 Å². The highest BCUT2D eigenvalue weighted by atomic mass is 32.2. The molecule has 0 spiro atoms. The van der Waals surface area contributed by atoms with Crippen LogP contribution < -0.4 is 5.32 Å².